The van der Waals surface area contributed by atoms with E-state index in [-0.39, 0.29) is 11.9 Å². The van der Waals surface area contributed by atoms with Crippen LogP contribution in [0.1, 0.15) is 17.5 Å². The lowest BCUT2D eigenvalue weighted by Crippen LogP contribution is -2.36. The van der Waals surface area contributed by atoms with Crippen LogP contribution in [0.25, 0.3) is 21.6 Å². The summed E-state index contributed by atoms with van der Waals surface area (Å²) in [4.78, 5) is 34.6. The van der Waals surface area contributed by atoms with E-state index in [0.29, 0.717) is 25.6 Å². The summed E-state index contributed by atoms with van der Waals surface area (Å²) in [6.07, 6.45) is 1.67. The molecule has 0 unspecified atom stereocenters. The van der Waals surface area contributed by atoms with Gasteiger partial charge in [-0.2, -0.15) is 0 Å². The molecule has 29 heavy (non-hydrogen) atoms. The monoisotopic (exact) mass is 413 g/mol. The first-order chi connectivity index (χ1) is 13.9. The molecule has 0 saturated carbocycles. The second kappa shape index (κ2) is 7.88. The van der Waals surface area contributed by atoms with E-state index in [4.69, 9.17) is 20.4 Å². The number of morpholine rings is 1. The molecule has 1 aliphatic rings. The van der Waals surface area contributed by atoms with Crippen LogP contribution >= 0.6 is 11.3 Å². The summed E-state index contributed by atoms with van der Waals surface area (Å²) >= 11 is 1.62. The first kappa shape index (κ1) is 19.5. The van der Waals surface area contributed by atoms with Crippen LogP contribution in [0.15, 0.2) is 12.3 Å². The lowest BCUT2D eigenvalue weighted by molar-refractivity contribution is -0.128. The maximum absolute atomic E-state index is 11.6. The van der Waals surface area contributed by atoms with Gasteiger partial charge in [-0.3, -0.25) is 4.79 Å². The Morgan fingerprint density at radius 1 is 1.31 bits per heavy atom. The summed E-state index contributed by atoms with van der Waals surface area (Å²) in [7, 11) is 1.79. The van der Waals surface area contributed by atoms with Gasteiger partial charge in [-0.25, -0.2) is 19.9 Å². The Labute approximate surface area is 172 Å². The molecule has 10 heteroatoms. The highest BCUT2D eigenvalue weighted by Gasteiger charge is 2.21. The number of carbonyl (C=O) groups excluding carboxylic acids is 1. The van der Waals surface area contributed by atoms with Gasteiger partial charge in [-0.05, 0) is 13.0 Å². The van der Waals surface area contributed by atoms with Crippen molar-refractivity contribution in [2.75, 3.05) is 44.0 Å². The van der Waals surface area contributed by atoms with Gasteiger partial charge in [0.25, 0.3) is 0 Å². The number of amides is 1. The number of nitrogen functional groups attached to an aromatic ring is 1. The number of aromatic nitrogens is 4. The van der Waals surface area contributed by atoms with Gasteiger partial charge >= 0.3 is 0 Å². The molecule has 1 saturated heterocycles. The van der Waals surface area contributed by atoms with E-state index in [1.54, 1.807) is 36.4 Å². The molecule has 1 amide bonds. The zero-order valence-corrected chi connectivity index (χ0v) is 17.5. The van der Waals surface area contributed by atoms with E-state index in [9.17, 15) is 4.79 Å². The molecule has 1 fully saturated rings. The minimum Gasteiger partial charge on any atom is -0.378 e. The van der Waals surface area contributed by atoms with Gasteiger partial charge in [0.15, 0.2) is 11.6 Å². The molecule has 0 atom stereocenters. The second-order valence-corrected chi connectivity index (χ2v) is 8.14. The molecule has 9 nitrogen and oxygen atoms in total. The molecule has 4 heterocycles. The Morgan fingerprint density at radius 3 is 2.76 bits per heavy atom. The van der Waals surface area contributed by atoms with Crippen molar-refractivity contribution in [3.63, 3.8) is 0 Å². The van der Waals surface area contributed by atoms with Gasteiger partial charge in [0, 0.05) is 38.1 Å². The maximum Gasteiger partial charge on any atom is 0.220 e. The molecule has 0 radical (unpaired) electrons. The Kier molecular flexibility index (Phi) is 5.29. The summed E-state index contributed by atoms with van der Waals surface area (Å²) in [5.74, 6) is 1.70. The number of aryl methyl sites for hydroxylation is 1. The van der Waals surface area contributed by atoms with Gasteiger partial charge in [0.2, 0.25) is 11.9 Å². The van der Waals surface area contributed by atoms with E-state index in [2.05, 4.69) is 14.9 Å². The largest absolute Gasteiger partial charge is 0.378 e. The highest BCUT2D eigenvalue weighted by Crippen LogP contribution is 2.35. The Balaban J connectivity index is 1.83. The van der Waals surface area contributed by atoms with E-state index < -0.39 is 0 Å². The first-order valence-corrected chi connectivity index (χ1v) is 10.2. The van der Waals surface area contributed by atoms with E-state index in [1.165, 1.54) is 0 Å². The van der Waals surface area contributed by atoms with E-state index >= 15 is 0 Å². The molecule has 0 aliphatic carbocycles. The van der Waals surface area contributed by atoms with Crippen LogP contribution in [0.5, 0.6) is 0 Å². The number of hydrogen-bond donors (Lipinski definition) is 1. The van der Waals surface area contributed by atoms with Crippen LogP contribution < -0.4 is 10.6 Å². The molecular weight excluding hydrogens is 390 g/mol. The number of carbonyl (C=O) groups is 1. The third-order valence-electron chi connectivity index (χ3n) is 4.88. The van der Waals surface area contributed by atoms with Crippen LogP contribution in [-0.2, 0) is 16.1 Å². The van der Waals surface area contributed by atoms with Crippen LogP contribution in [0.4, 0.5) is 11.8 Å². The summed E-state index contributed by atoms with van der Waals surface area (Å²) in [5, 5.41) is 0. The minimum atomic E-state index is 0.0253. The normalized spacial score (nSPS) is 14.4. The fraction of sp³-hybridized carbons (Fsp3) is 0.421. The molecule has 3 aromatic rings. The highest BCUT2D eigenvalue weighted by molar-refractivity contribution is 7.19. The van der Waals surface area contributed by atoms with Crippen molar-refractivity contribution in [3.8, 4) is 11.4 Å². The van der Waals surface area contributed by atoms with Gasteiger partial charge < -0.3 is 20.3 Å². The van der Waals surface area contributed by atoms with Crippen molar-refractivity contribution in [2.45, 2.75) is 20.4 Å². The van der Waals surface area contributed by atoms with Crippen molar-refractivity contribution in [1.29, 1.82) is 0 Å². The molecule has 2 N–H and O–H groups in total. The summed E-state index contributed by atoms with van der Waals surface area (Å²) in [6.45, 7) is 6.84. The number of ether oxygens (including phenoxy) is 1. The maximum atomic E-state index is 11.6. The van der Waals surface area contributed by atoms with Crippen molar-refractivity contribution in [1.82, 2.24) is 24.8 Å². The predicted octanol–water partition coefficient (Wildman–Crippen LogP) is 1.85. The van der Waals surface area contributed by atoms with Gasteiger partial charge in [0.05, 0.1) is 41.2 Å². The molecule has 0 bridgehead atoms. The number of nitrogens with zero attached hydrogens (tertiary/aromatic N) is 6. The van der Waals surface area contributed by atoms with E-state index in [1.807, 2.05) is 13.0 Å². The van der Waals surface area contributed by atoms with Crippen molar-refractivity contribution < 1.29 is 9.53 Å². The van der Waals surface area contributed by atoms with Crippen LogP contribution in [-0.4, -0.2) is 64.1 Å². The molecule has 0 aromatic carbocycles. The molecule has 152 valence electrons. The average Bonchev–Trinajstić information content (AvgIpc) is 3.10. The lowest BCUT2D eigenvalue weighted by atomic mass is 10.2. The fourth-order valence-electron chi connectivity index (χ4n) is 3.20. The molecular formula is C19H23N7O2S. The smallest absolute Gasteiger partial charge is 0.220 e. The highest BCUT2D eigenvalue weighted by atomic mass is 32.1. The minimum absolute atomic E-state index is 0.0253. The third-order valence-corrected chi connectivity index (χ3v) is 5.99. The lowest BCUT2D eigenvalue weighted by Gasteiger charge is -2.28. The number of nitrogens with two attached hydrogens (primary N) is 1. The Morgan fingerprint density at radius 2 is 2.07 bits per heavy atom. The van der Waals surface area contributed by atoms with Crippen molar-refractivity contribution in [3.05, 3.63) is 22.8 Å². The van der Waals surface area contributed by atoms with Crippen LogP contribution in [0.2, 0.25) is 0 Å². The number of fused-ring (bicyclic) bond motifs is 1. The quantitative estimate of drug-likeness (QED) is 0.690. The fourth-order valence-corrected chi connectivity index (χ4v) is 4.37. The average molecular weight is 414 g/mol. The molecule has 3 aromatic heterocycles. The zero-order chi connectivity index (χ0) is 20.5. The molecule has 1 aliphatic heterocycles. The Hall–Kier alpha value is -2.85. The Bertz CT molecular complexity index is 1060. The third kappa shape index (κ3) is 3.99. The van der Waals surface area contributed by atoms with E-state index in [0.717, 1.165) is 45.3 Å². The van der Waals surface area contributed by atoms with Gasteiger partial charge in [-0.1, -0.05) is 0 Å². The number of anilines is 2. The summed E-state index contributed by atoms with van der Waals surface area (Å²) in [6, 6.07) is 2.03. The predicted molar refractivity (Wildman–Crippen MR) is 113 cm³/mol. The van der Waals surface area contributed by atoms with Crippen molar-refractivity contribution >= 4 is 39.2 Å². The van der Waals surface area contributed by atoms with Crippen LogP contribution in [0.3, 0.4) is 0 Å². The second-order valence-electron chi connectivity index (χ2n) is 7.00. The summed E-state index contributed by atoms with van der Waals surface area (Å²) < 4.78 is 6.52. The van der Waals surface area contributed by atoms with Crippen LogP contribution in [0, 0.1) is 6.92 Å². The topological polar surface area (TPSA) is 110 Å². The SMILES string of the molecule is CC(=O)N(C)Cc1cc2nc(-c3cnc(N)nc3C)nc(N3CCOCC3)c2s1. The van der Waals surface area contributed by atoms with Crippen molar-refractivity contribution in [2.24, 2.45) is 0 Å². The van der Waals surface area contributed by atoms with Gasteiger partial charge in [0.1, 0.15) is 0 Å². The molecule has 0 spiro atoms. The number of hydrogen-bond acceptors (Lipinski definition) is 9. The molecule has 4 rings (SSSR count). The first-order valence-electron chi connectivity index (χ1n) is 9.36. The van der Waals surface area contributed by atoms with Gasteiger partial charge in [-0.15, -0.1) is 11.3 Å². The zero-order valence-electron chi connectivity index (χ0n) is 16.7. The standard InChI is InChI=1S/C19H23N7O2S/c1-11-14(9-21-19(20)22-11)17-23-15-8-13(10-25(3)12(2)27)29-16(15)18(24-17)26-4-6-28-7-5-26/h8-9H,4-7,10H2,1-3H3,(H2,20,21,22). The number of thiophene rings is 1. The summed E-state index contributed by atoms with van der Waals surface area (Å²) in [5.41, 5.74) is 8.04. The number of rotatable bonds is 4.